The van der Waals surface area contributed by atoms with Crippen LogP contribution in [0.2, 0.25) is 10.0 Å². The van der Waals surface area contributed by atoms with Crippen LogP contribution in [-0.4, -0.2) is 12.8 Å². The number of anilines is 1. The van der Waals surface area contributed by atoms with E-state index < -0.39 is 0 Å². The van der Waals surface area contributed by atoms with Gasteiger partial charge in [-0.25, -0.2) is 4.79 Å². The summed E-state index contributed by atoms with van der Waals surface area (Å²) in [6.45, 7) is 3.87. The van der Waals surface area contributed by atoms with Crippen molar-refractivity contribution in [3.05, 3.63) is 57.6 Å². The van der Waals surface area contributed by atoms with Crippen molar-refractivity contribution in [1.29, 1.82) is 0 Å². The van der Waals surface area contributed by atoms with E-state index in [9.17, 15) is 4.79 Å². The van der Waals surface area contributed by atoms with Crippen LogP contribution in [0.25, 0.3) is 0 Å². The molecule has 0 spiro atoms. The molecule has 0 aliphatic carbocycles. The smallest absolute Gasteiger partial charge is 0.321 e. The summed E-state index contributed by atoms with van der Waals surface area (Å²) in [6, 6.07) is 10.2. The molecule has 2 aromatic carbocycles. The number of amides is 2. The van der Waals surface area contributed by atoms with E-state index in [1.807, 2.05) is 19.9 Å². The zero-order chi connectivity index (χ0) is 16.1. The zero-order valence-electron chi connectivity index (χ0n) is 12.2. The van der Waals surface area contributed by atoms with Gasteiger partial charge in [0.2, 0.25) is 0 Å². The number of urea groups is 1. The summed E-state index contributed by atoms with van der Waals surface area (Å²) in [6.07, 6.45) is 0. The van der Waals surface area contributed by atoms with E-state index in [0.29, 0.717) is 21.5 Å². The highest BCUT2D eigenvalue weighted by Crippen LogP contribution is 2.27. The van der Waals surface area contributed by atoms with Crippen LogP contribution in [0.5, 0.6) is 5.75 Å². The Kier molecular flexibility index (Phi) is 5.52. The SMILES string of the molecule is Cc1cc(C)c(NC(=O)NCOc2ccc(Cl)cc2)c(Cl)c1. The molecular weight excluding hydrogens is 323 g/mol. The van der Waals surface area contributed by atoms with Crippen LogP contribution >= 0.6 is 23.2 Å². The van der Waals surface area contributed by atoms with Crippen LogP contribution in [0.3, 0.4) is 0 Å². The minimum atomic E-state index is -0.386. The fourth-order valence-corrected chi connectivity index (χ4v) is 2.44. The molecule has 0 aromatic heterocycles. The van der Waals surface area contributed by atoms with Crippen LogP contribution in [0.4, 0.5) is 10.5 Å². The van der Waals surface area contributed by atoms with Crippen molar-refractivity contribution in [3.8, 4) is 5.75 Å². The van der Waals surface area contributed by atoms with Crippen molar-refractivity contribution < 1.29 is 9.53 Å². The van der Waals surface area contributed by atoms with E-state index >= 15 is 0 Å². The number of aryl methyl sites for hydroxylation is 2. The number of ether oxygens (including phenoxy) is 1. The van der Waals surface area contributed by atoms with Gasteiger partial charge in [-0.3, -0.25) is 0 Å². The molecule has 0 heterocycles. The lowest BCUT2D eigenvalue weighted by Crippen LogP contribution is -2.32. The molecule has 22 heavy (non-hydrogen) atoms. The molecule has 2 N–H and O–H groups in total. The summed E-state index contributed by atoms with van der Waals surface area (Å²) in [4.78, 5) is 11.9. The first-order valence-corrected chi connectivity index (χ1v) is 7.41. The third kappa shape index (κ3) is 4.55. The summed E-state index contributed by atoms with van der Waals surface area (Å²) in [7, 11) is 0. The minimum absolute atomic E-state index is 0.0377. The number of nitrogens with one attached hydrogen (secondary N) is 2. The average Bonchev–Trinajstić information content (AvgIpc) is 2.45. The van der Waals surface area contributed by atoms with E-state index in [1.54, 1.807) is 30.3 Å². The summed E-state index contributed by atoms with van der Waals surface area (Å²) < 4.78 is 5.39. The quantitative estimate of drug-likeness (QED) is 0.789. The molecule has 0 aliphatic heterocycles. The van der Waals surface area contributed by atoms with Crippen molar-refractivity contribution in [3.63, 3.8) is 0 Å². The molecule has 6 heteroatoms. The van der Waals surface area contributed by atoms with Crippen LogP contribution in [0.1, 0.15) is 11.1 Å². The van der Waals surface area contributed by atoms with Gasteiger partial charge in [-0.1, -0.05) is 29.3 Å². The van der Waals surface area contributed by atoms with E-state index in [2.05, 4.69) is 10.6 Å². The van der Waals surface area contributed by atoms with Crippen molar-refractivity contribution in [1.82, 2.24) is 5.32 Å². The Morgan fingerprint density at radius 3 is 2.45 bits per heavy atom. The molecule has 2 amide bonds. The molecule has 2 aromatic rings. The Morgan fingerprint density at radius 1 is 1.14 bits per heavy atom. The topological polar surface area (TPSA) is 50.4 Å². The predicted octanol–water partition coefficient (Wildman–Crippen LogP) is 4.77. The standard InChI is InChI=1S/C16H16Cl2N2O2/c1-10-7-11(2)15(14(18)8-10)20-16(21)19-9-22-13-5-3-12(17)4-6-13/h3-8H,9H2,1-2H3,(H2,19,20,21). The van der Waals surface area contributed by atoms with Crippen LogP contribution < -0.4 is 15.4 Å². The number of hydrogen-bond acceptors (Lipinski definition) is 2. The first kappa shape index (κ1) is 16.5. The number of halogens is 2. The molecule has 0 saturated heterocycles. The van der Waals surface area contributed by atoms with Gasteiger partial charge in [0.1, 0.15) is 5.75 Å². The summed E-state index contributed by atoms with van der Waals surface area (Å²) >= 11 is 11.9. The Labute approximate surface area is 139 Å². The monoisotopic (exact) mass is 338 g/mol. The summed E-state index contributed by atoms with van der Waals surface area (Å²) in [5.74, 6) is 0.620. The van der Waals surface area contributed by atoms with Crippen LogP contribution in [0.15, 0.2) is 36.4 Å². The minimum Gasteiger partial charge on any atom is -0.473 e. The van der Waals surface area contributed by atoms with Crippen LogP contribution in [0, 0.1) is 13.8 Å². The second-order valence-electron chi connectivity index (χ2n) is 4.81. The van der Waals surface area contributed by atoms with Gasteiger partial charge in [0.25, 0.3) is 0 Å². The molecule has 0 atom stereocenters. The maximum atomic E-state index is 11.9. The van der Waals surface area contributed by atoms with Gasteiger partial charge in [-0.05, 0) is 55.3 Å². The molecule has 4 nitrogen and oxygen atoms in total. The average molecular weight is 339 g/mol. The van der Waals surface area contributed by atoms with E-state index in [1.165, 1.54) is 0 Å². The van der Waals surface area contributed by atoms with Gasteiger partial charge in [0.15, 0.2) is 6.73 Å². The molecule has 0 bridgehead atoms. The Hall–Kier alpha value is -1.91. The van der Waals surface area contributed by atoms with Crippen molar-refractivity contribution in [2.24, 2.45) is 0 Å². The van der Waals surface area contributed by atoms with Gasteiger partial charge in [0.05, 0.1) is 10.7 Å². The van der Waals surface area contributed by atoms with Gasteiger partial charge in [-0.2, -0.15) is 0 Å². The van der Waals surface area contributed by atoms with E-state index in [0.717, 1.165) is 11.1 Å². The molecule has 0 fully saturated rings. The Balaban J connectivity index is 1.87. The fraction of sp³-hybridized carbons (Fsp3) is 0.188. The van der Waals surface area contributed by atoms with E-state index in [4.69, 9.17) is 27.9 Å². The lowest BCUT2D eigenvalue weighted by Gasteiger charge is -2.13. The maximum absolute atomic E-state index is 11.9. The second kappa shape index (κ2) is 7.38. The van der Waals surface area contributed by atoms with Crippen molar-refractivity contribution >= 4 is 34.9 Å². The maximum Gasteiger partial charge on any atom is 0.321 e. The number of benzene rings is 2. The third-order valence-electron chi connectivity index (χ3n) is 2.96. The zero-order valence-corrected chi connectivity index (χ0v) is 13.8. The molecule has 0 aliphatic rings. The largest absolute Gasteiger partial charge is 0.473 e. The molecule has 0 radical (unpaired) electrons. The highest BCUT2D eigenvalue weighted by atomic mass is 35.5. The van der Waals surface area contributed by atoms with Gasteiger partial charge in [-0.15, -0.1) is 0 Å². The molecule has 0 saturated carbocycles. The molecular formula is C16H16Cl2N2O2. The highest BCUT2D eigenvalue weighted by Gasteiger charge is 2.09. The van der Waals surface area contributed by atoms with E-state index in [-0.39, 0.29) is 12.8 Å². The molecule has 0 unspecified atom stereocenters. The molecule has 2 rings (SSSR count). The first-order valence-electron chi connectivity index (χ1n) is 6.65. The normalized spacial score (nSPS) is 10.2. The summed E-state index contributed by atoms with van der Waals surface area (Å²) in [5, 5.41) is 6.45. The summed E-state index contributed by atoms with van der Waals surface area (Å²) in [5.41, 5.74) is 2.54. The number of carbonyl (C=O) groups is 1. The third-order valence-corrected chi connectivity index (χ3v) is 3.51. The fourth-order valence-electron chi connectivity index (χ4n) is 1.95. The van der Waals surface area contributed by atoms with Gasteiger partial charge >= 0.3 is 6.03 Å². The number of rotatable bonds is 4. The Morgan fingerprint density at radius 2 is 1.82 bits per heavy atom. The van der Waals surface area contributed by atoms with Gasteiger partial charge < -0.3 is 15.4 Å². The molecule has 116 valence electrons. The first-order chi connectivity index (χ1) is 10.5. The lowest BCUT2D eigenvalue weighted by molar-refractivity contribution is 0.234. The lowest BCUT2D eigenvalue weighted by atomic mass is 10.1. The number of carbonyl (C=O) groups excluding carboxylic acids is 1. The number of hydrogen-bond donors (Lipinski definition) is 2. The Bertz CT molecular complexity index is 649. The highest BCUT2D eigenvalue weighted by molar-refractivity contribution is 6.34. The van der Waals surface area contributed by atoms with Crippen molar-refractivity contribution in [2.75, 3.05) is 12.0 Å². The second-order valence-corrected chi connectivity index (χ2v) is 5.66. The van der Waals surface area contributed by atoms with Gasteiger partial charge in [0, 0.05) is 5.02 Å². The van der Waals surface area contributed by atoms with Crippen LogP contribution in [-0.2, 0) is 0 Å². The van der Waals surface area contributed by atoms with Crippen molar-refractivity contribution in [2.45, 2.75) is 13.8 Å². The predicted molar refractivity (Wildman–Crippen MR) is 90.0 cm³/mol.